The predicted molar refractivity (Wildman–Crippen MR) is 70.2 cm³/mol. The summed E-state index contributed by atoms with van der Waals surface area (Å²) in [6.07, 6.45) is 2.76. The van der Waals surface area contributed by atoms with Crippen LogP contribution in [0.1, 0.15) is 38.3 Å². The number of ether oxygens (including phenoxy) is 1. The monoisotopic (exact) mass is 234 g/mol. The van der Waals surface area contributed by atoms with Crippen LogP contribution in [0.25, 0.3) is 0 Å². The smallest absolute Gasteiger partial charge is 0.120 e. The van der Waals surface area contributed by atoms with Gasteiger partial charge in [-0.25, -0.2) is 0 Å². The van der Waals surface area contributed by atoms with Crippen molar-refractivity contribution in [3.8, 4) is 5.75 Å². The second-order valence-corrected chi connectivity index (χ2v) is 4.97. The Kier molecular flexibility index (Phi) is 4.02. The first-order chi connectivity index (χ1) is 8.19. The minimum Gasteiger partial charge on any atom is -0.491 e. The molecule has 1 aromatic carbocycles. The van der Waals surface area contributed by atoms with Crippen LogP contribution in [0.15, 0.2) is 24.3 Å². The predicted octanol–water partition coefficient (Wildman–Crippen LogP) is 2.23. The molecular weight excluding hydrogens is 212 g/mol. The third-order valence-electron chi connectivity index (χ3n) is 2.88. The second kappa shape index (κ2) is 5.52. The Bertz CT molecular complexity index is 361. The standard InChI is InChI=1S/C14H22N2O/c1-10(2)17-13-5-3-4-11(8-13)14(9-15)16-12-6-7-12/h3-5,8,10,12,14,16H,6-7,9,15H2,1-2H3. The number of nitrogens with two attached hydrogens (primary N) is 1. The van der Waals surface area contributed by atoms with E-state index >= 15 is 0 Å². The van der Waals surface area contributed by atoms with Crippen molar-refractivity contribution in [3.05, 3.63) is 29.8 Å². The zero-order valence-electron chi connectivity index (χ0n) is 10.6. The zero-order chi connectivity index (χ0) is 12.3. The molecule has 3 nitrogen and oxygen atoms in total. The fourth-order valence-corrected chi connectivity index (χ4v) is 1.91. The molecule has 17 heavy (non-hydrogen) atoms. The van der Waals surface area contributed by atoms with E-state index in [4.69, 9.17) is 10.5 Å². The van der Waals surface area contributed by atoms with E-state index in [1.807, 2.05) is 26.0 Å². The molecule has 1 aliphatic rings. The van der Waals surface area contributed by atoms with Gasteiger partial charge in [0, 0.05) is 18.6 Å². The van der Waals surface area contributed by atoms with Crippen molar-refractivity contribution in [1.82, 2.24) is 5.32 Å². The molecular formula is C14H22N2O. The first-order valence-electron chi connectivity index (χ1n) is 6.41. The van der Waals surface area contributed by atoms with Crippen LogP contribution in [0.4, 0.5) is 0 Å². The molecule has 1 fully saturated rings. The summed E-state index contributed by atoms with van der Waals surface area (Å²) < 4.78 is 5.70. The summed E-state index contributed by atoms with van der Waals surface area (Å²) in [7, 11) is 0. The fourth-order valence-electron chi connectivity index (χ4n) is 1.91. The third kappa shape index (κ3) is 3.72. The van der Waals surface area contributed by atoms with E-state index < -0.39 is 0 Å². The van der Waals surface area contributed by atoms with Gasteiger partial charge < -0.3 is 15.8 Å². The Hall–Kier alpha value is -1.06. The number of hydrogen-bond acceptors (Lipinski definition) is 3. The van der Waals surface area contributed by atoms with Gasteiger partial charge in [0.15, 0.2) is 0 Å². The molecule has 0 amide bonds. The summed E-state index contributed by atoms with van der Waals surface area (Å²) in [5, 5.41) is 3.56. The highest BCUT2D eigenvalue weighted by Crippen LogP contribution is 2.25. The molecule has 0 heterocycles. The molecule has 1 aliphatic carbocycles. The molecule has 0 radical (unpaired) electrons. The van der Waals surface area contributed by atoms with E-state index in [1.165, 1.54) is 18.4 Å². The van der Waals surface area contributed by atoms with Crippen LogP contribution in [0.2, 0.25) is 0 Å². The SMILES string of the molecule is CC(C)Oc1cccc(C(CN)NC2CC2)c1. The average molecular weight is 234 g/mol. The largest absolute Gasteiger partial charge is 0.491 e. The molecule has 2 rings (SSSR count). The van der Waals surface area contributed by atoms with Gasteiger partial charge in [-0.2, -0.15) is 0 Å². The lowest BCUT2D eigenvalue weighted by molar-refractivity contribution is 0.242. The Morgan fingerprint density at radius 3 is 2.76 bits per heavy atom. The number of nitrogens with one attached hydrogen (secondary N) is 1. The summed E-state index contributed by atoms with van der Waals surface area (Å²) in [6.45, 7) is 4.70. The molecule has 3 heteroatoms. The van der Waals surface area contributed by atoms with Gasteiger partial charge in [-0.15, -0.1) is 0 Å². The maximum absolute atomic E-state index is 5.83. The maximum atomic E-state index is 5.83. The van der Waals surface area contributed by atoms with Crippen molar-refractivity contribution >= 4 is 0 Å². The van der Waals surface area contributed by atoms with Gasteiger partial charge in [0.05, 0.1) is 6.10 Å². The topological polar surface area (TPSA) is 47.3 Å². The van der Waals surface area contributed by atoms with E-state index in [0.29, 0.717) is 12.6 Å². The lowest BCUT2D eigenvalue weighted by Crippen LogP contribution is -2.29. The average Bonchev–Trinajstić information content (AvgIpc) is 3.09. The van der Waals surface area contributed by atoms with E-state index in [9.17, 15) is 0 Å². The minimum atomic E-state index is 0.206. The van der Waals surface area contributed by atoms with Gasteiger partial charge in [0.25, 0.3) is 0 Å². The quantitative estimate of drug-likeness (QED) is 0.793. The van der Waals surface area contributed by atoms with Gasteiger partial charge >= 0.3 is 0 Å². The third-order valence-corrected chi connectivity index (χ3v) is 2.88. The summed E-state index contributed by atoms with van der Waals surface area (Å²) in [5.41, 5.74) is 7.05. The normalized spacial score (nSPS) is 17.2. The van der Waals surface area contributed by atoms with Crippen molar-refractivity contribution in [2.75, 3.05) is 6.54 Å². The summed E-state index contributed by atoms with van der Waals surface area (Å²) >= 11 is 0. The van der Waals surface area contributed by atoms with Gasteiger partial charge in [0.1, 0.15) is 5.75 Å². The lowest BCUT2D eigenvalue weighted by atomic mass is 10.1. The Balaban J connectivity index is 2.06. The van der Waals surface area contributed by atoms with Crippen LogP contribution in [-0.4, -0.2) is 18.7 Å². The van der Waals surface area contributed by atoms with Crippen molar-refractivity contribution in [2.45, 2.75) is 44.9 Å². The van der Waals surface area contributed by atoms with Crippen molar-refractivity contribution in [3.63, 3.8) is 0 Å². The van der Waals surface area contributed by atoms with E-state index in [1.54, 1.807) is 0 Å². The summed E-state index contributed by atoms with van der Waals surface area (Å²) in [5.74, 6) is 0.925. The molecule has 1 saturated carbocycles. The van der Waals surface area contributed by atoms with Crippen LogP contribution in [0, 0.1) is 0 Å². The molecule has 1 atom stereocenters. The molecule has 0 spiro atoms. The van der Waals surface area contributed by atoms with Gasteiger partial charge in [0.2, 0.25) is 0 Å². The second-order valence-electron chi connectivity index (χ2n) is 4.97. The van der Waals surface area contributed by atoms with Crippen LogP contribution >= 0.6 is 0 Å². The molecule has 0 aromatic heterocycles. The molecule has 0 saturated heterocycles. The fraction of sp³-hybridized carbons (Fsp3) is 0.571. The van der Waals surface area contributed by atoms with Crippen molar-refractivity contribution < 1.29 is 4.74 Å². The minimum absolute atomic E-state index is 0.206. The Morgan fingerprint density at radius 2 is 2.18 bits per heavy atom. The maximum Gasteiger partial charge on any atom is 0.120 e. The van der Waals surface area contributed by atoms with Crippen LogP contribution < -0.4 is 15.8 Å². The summed E-state index contributed by atoms with van der Waals surface area (Å²) in [4.78, 5) is 0. The van der Waals surface area contributed by atoms with Crippen LogP contribution in [0.5, 0.6) is 5.75 Å². The highest BCUT2D eigenvalue weighted by Gasteiger charge is 2.24. The number of rotatable bonds is 6. The van der Waals surface area contributed by atoms with Crippen molar-refractivity contribution in [1.29, 1.82) is 0 Å². The summed E-state index contributed by atoms with van der Waals surface area (Å²) in [6, 6.07) is 9.14. The molecule has 1 aromatic rings. The number of benzene rings is 1. The first kappa shape index (κ1) is 12.4. The van der Waals surface area contributed by atoms with Crippen LogP contribution in [0.3, 0.4) is 0 Å². The van der Waals surface area contributed by atoms with Gasteiger partial charge in [-0.1, -0.05) is 12.1 Å². The highest BCUT2D eigenvalue weighted by atomic mass is 16.5. The van der Waals surface area contributed by atoms with E-state index in [2.05, 4.69) is 17.4 Å². The first-order valence-corrected chi connectivity index (χ1v) is 6.41. The van der Waals surface area contributed by atoms with Crippen LogP contribution in [-0.2, 0) is 0 Å². The Morgan fingerprint density at radius 1 is 1.41 bits per heavy atom. The lowest BCUT2D eigenvalue weighted by Gasteiger charge is -2.18. The van der Waals surface area contributed by atoms with Gasteiger partial charge in [-0.3, -0.25) is 0 Å². The van der Waals surface area contributed by atoms with Gasteiger partial charge in [-0.05, 0) is 44.4 Å². The molecule has 94 valence electrons. The highest BCUT2D eigenvalue weighted by molar-refractivity contribution is 5.31. The molecule has 3 N–H and O–H groups in total. The van der Waals surface area contributed by atoms with Crippen molar-refractivity contribution in [2.24, 2.45) is 5.73 Å². The van der Waals surface area contributed by atoms with E-state index in [0.717, 1.165) is 5.75 Å². The van der Waals surface area contributed by atoms with E-state index in [-0.39, 0.29) is 12.1 Å². The molecule has 0 bridgehead atoms. The molecule has 0 aliphatic heterocycles. The Labute approximate surface area is 103 Å². The number of hydrogen-bond donors (Lipinski definition) is 2. The molecule has 1 unspecified atom stereocenters. The zero-order valence-corrected chi connectivity index (χ0v) is 10.6.